The number of carbonyl (C=O) groups is 1. The van der Waals surface area contributed by atoms with E-state index in [9.17, 15) is 4.79 Å². The van der Waals surface area contributed by atoms with Gasteiger partial charge in [0.1, 0.15) is 0 Å². The van der Waals surface area contributed by atoms with Gasteiger partial charge in [-0.2, -0.15) is 0 Å². The van der Waals surface area contributed by atoms with E-state index < -0.39 is 0 Å². The Balaban J connectivity index is 3.75. The summed E-state index contributed by atoms with van der Waals surface area (Å²) in [6, 6.07) is -0.0836. The average Bonchev–Trinajstić information content (AvgIpc) is 2.14. The first-order valence-electron chi connectivity index (χ1n) is 5.35. The van der Waals surface area contributed by atoms with E-state index in [0.717, 1.165) is 19.3 Å². The maximum Gasteiger partial charge on any atom is 0.220 e. The second-order valence-corrected chi connectivity index (χ2v) is 4.01. The molecule has 2 heteroatoms. The van der Waals surface area contributed by atoms with Gasteiger partial charge < -0.3 is 5.32 Å². The van der Waals surface area contributed by atoms with E-state index in [-0.39, 0.29) is 11.9 Å². The Bertz CT molecular complexity index is 203. The first kappa shape index (κ1) is 13.0. The van der Waals surface area contributed by atoms with Gasteiger partial charge in [0.05, 0.1) is 6.04 Å². The second kappa shape index (κ2) is 7.44. The third-order valence-electron chi connectivity index (χ3n) is 2.06. The number of amides is 1. The van der Waals surface area contributed by atoms with Crippen LogP contribution in [0.2, 0.25) is 0 Å². The van der Waals surface area contributed by atoms with E-state index in [0.29, 0.717) is 12.3 Å². The first-order valence-corrected chi connectivity index (χ1v) is 5.35. The van der Waals surface area contributed by atoms with Crippen LogP contribution in [0, 0.1) is 18.3 Å². The van der Waals surface area contributed by atoms with Gasteiger partial charge in [0.15, 0.2) is 0 Å². The van der Waals surface area contributed by atoms with Gasteiger partial charge in [-0.05, 0) is 18.8 Å². The van der Waals surface area contributed by atoms with E-state index in [1.54, 1.807) is 0 Å². The molecule has 0 rings (SSSR count). The second-order valence-electron chi connectivity index (χ2n) is 4.01. The molecule has 1 atom stereocenters. The van der Waals surface area contributed by atoms with Gasteiger partial charge in [-0.15, -0.1) is 6.42 Å². The van der Waals surface area contributed by atoms with Crippen LogP contribution in [0.5, 0.6) is 0 Å². The third kappa shape index (κ3) is 6.54. The highest BCUT2D eigenvalue weighted by Crippen LogP contribution is 2.04. The smallest absolute Gasteiger partial charge is 0.220 e. The molecule has 1 amide bonds. The van der Waals surface area contributed by atoms with Gasteiger partial charge in [-0.3, -0.25) is 4.79 Å². The van der Waals surface area contributed by atoms with Crippen molar-refractivity contribution in [2.24, 2.45) is 5.92 Å². The zero-order valence-corrected chi connectivity index (χ0v) is 9.47. The lowest BCUT2D eigenvalue weighted by Crippen LogP contribution is -2.33. The molecule has 14 heavy (non-hydrogen) atoms. The molecule has 0 aromatic carbocycles. The van der Waals surface area contributed by atoms with Gasteiger partial charge in [-0.1, -0.05) is 33.1 Å². The van der Waals surface area contributed by atoms with Crippen molar-refractivity contribution in [1.82, 2.24) is 5.32 Å². The van der Waals surface area contributed by atoms with Crippen molar-refractivity contribution in [2.75, 3.05) is 0 Å². The van der Waals surface area contributed by atoms with Gasteiger partial charge in [0, 0.05) is 6.42 Å². The summed E-state index contributed by atoms with van der Waals surface area (Å²) in [5.74, 6) is 3.23. The summed E-state index contributed by atoms with van der Waals surface area (Å²) in [7, 11) is 0. The largest absolute Gasteiger partial charge is 0.342 e. The standard InChI is InChI=1S/C12H21NO/c1-5-7-11(6-2)13-12(14)9-8-10(3)4/h2,10-11H,5,7-9H2,1,3-4H3,(H,13,14). The molecular weight excluding hydrogens is 174 g/mol. The molecule has 0 saturated heterocycles. The molecule has 0 fully saturated rings. The summed E-state index contributed by atoms with van der Waals surface area (Å²) < 4.78 is 0. The molecule has 0 aromatic rings. The minimum Gasteiger partial charge on any atom is -0.342 e. The van der Waals surface area contributed by atoms with Crippen LogP contribution in [-0.2, 0) is 4.79 Å². The van der Waals surface area contributed by atoms with Gasteiger partial charge in [0.25, 0.3) is 0 Å². The Morgan fingerprint density at radius 2 is 2.07 bits per heavy atom. The van der Waals surface area contributed by atoms with Gasteiger partial charge >= 0.3 is 0 Å². The molecule has 0 saturated carbocycles. The van der Waals surface area contributed by atoms with Crippen LogP contribution >= 0.6 is 0 Å². The van der Waals surface area contributed by atoms with E-state index in [1.807, 2.05) is 0 Å². The highest BCUT2D eigenvalue weighted by molar-refractivity contribution is 5.76. The topological polar surface area (TPSA) is 29.1 Å². The fourth-order valence-electron chi connectivity index (χ4n) is 1.17. The third-order valence-corrected chi connectivity index (χ3v) is 2.06. The Labute approximate surface area is 87.5 Å². The maximum absolute atomic E-state index is 11.4. The molecule has 0 aliphatic carbocycles. The number of terminal acetylenes is 1. The molecule has 0 heterocycles. The summed E-state index contributed by atoms with van der Waals surface area (Å²) in [4.78, 5) is 11.4. The average molecular weight is 195 g/mol. The van der Waals surface area contributed by atoms with Crippen LogP contribution in [0.25, 0.3) is 0 Å². The Kier molecular flexibility index (Phi) is 6.92. The number of rotatable bonds is 6. The van der Waals surface area contributed by atoms with Crippen molar-refractivity contribution in [3.05, 3.63) is 0 Å². The minimum absolute atomic E-state index is 0.0788. The van der Waals surface area contributed by atoms with Crippen LogP contribution in [0.1, 0.15) is 46.5 Å². The molecule has 1 unspecified atom stereocenters. The highest BCUT2D eigenvalue weighted by Gasteiger charge is 2.08. The van der Waals surface area contributed by atoms with Crippen LogP contribution in [0.15, 0.2) is 0 Å². The van der Waals surface area contributed by atoms with Crippen molar-refractivity contribution in [3.63, 3.8) is 0 Å². The molecule has 1 N–H and O–H groups in total. The predicted octanol–water partition coefficient (Wildman–Crippen LogP) is 2.34. The summed E-state index contributed by atoms with van der Waals surface area (Å²) >= 11 is 0. The zero-order chi connectivity index (χ0) is 11.0. The molecule has 0 radical (unpaired) electrons. The van der Waals surface area contributed by atoms with Crippen molar-refractivity contribution in [2.45, 2.75) is 52.5 Å². The Hall–Kier alpha value is -0.970. The highest BCUT2D eigenvalue weighted by atomic mass is 16.1. The van der Waals surface area contributed by atoms with Crippen molar-refractivity contribution in [3.8, 4) is 12.3 Å². The SMILES string of the molecule is C#CC(CCC)NC(=O)CCC(C)C. The van der Waals surface area contributed by atoms with Crippen LogP contribution < -0.4 is 5.32 Å². The summed E-state index contributed by atoms with van der Waals surface area (Å²) in [6.45, 7) is 6.28. The quantitative estimate of drug-likeness (QED) is 0.648. The van der Waals surface area contributed by atoms with Crippen LogP contribution in [0.4, 0.5) is 0 Å². The minimum atomic E-state index is -0.0836. The number of nitrogens with one attached hydrogen (secondary N) is 1. The fourth-order valence-corrected chi connectivity index (χ4v) is 1.17. The lowest BCUT2D eigenvalue weighted by atomic mass is 10.1. The van der Waals surface area contributed by atoms with E-state index >= 15 is 0 Å². The molecule has 0 spiro atoms. The molecule has 2 nitrogen and oxygen atoms in total. The first-order chi connectivity index (χ1) is 6.60. The van der Waals surface area contributed by atoms with E-state index in [2.05, 4.69) is 32.0 Å². The van der Waals surface area contributed by atoms with Gasteiger partial charge in [-0.25, -0.2) is 0 Å². The molecular formula is C12H21NO. The molecule has 0 aliphatic heterocycles. The normalized spacial score (nSPS) is 12.2. The van der Waals surface area contributed by atoms with Gasteiger partial charge in [0.2, 0.25) is 5.91 Å². The Morgan fingerprint density at radius 1 is 1.43 bits per heavy atom. The summed E-state index contributed by atoms with van der Waals surface area (Å²) in [5.41, 5.74) is 0. The summed E-state index contributed by atoms with van der Waals surface area (Å²) in [5, 5.41) is 2.85. The number of carbonyl (C=O) groups excluding carboxylic acids is 1. The molecule has 0 bridgehead atoms. The van der Waals surface area contributed by atoms with Crippen molar-refractivity contribution in [1.29, 1.82) is 0 Å². The van der Waals surface area contributed by atoms with Crippen molar-refractivity contribution >= 4 is 5.91 Å². The molecule has 80 valence electrons. The van der Waals surface area contributed by atoms with E-state index in [4.69, 9.17) is 6.42 Å². The van der Waals surface area contributed by atoms with Crippen LogP contribution in [-0.4, -0.2) is 11.9 Å². The zero-order valence-electron chi connectivity index (χ0n) is 9.47. The molecule has 0 aliphatic rings. The summed E-state index contributed by atoms with van der Waals surface area (Å²) in [6.07, 6.45) is 8.67. The van der Waals surface area contributed by atoms with Crippen LogP contribution in [0.3, 0.4) is 0 Å². The monoisotopic (exact) mass is 195 g/mol. The number of hydrogen-bond acceptors (Lipinski definition) is 1. The number of hydrogen-bond donors (Lipinski definition) is 1. The molecule has 0 aromatic heterocycles. The van der Waals surface area contributed by atoms with E-state index in [1.165, 1.54) is 0 Å². The fraction of sp³-hybridized carbons (Fsp3) is 0.750. The predicted molar refractivity (Wildman–Crippen MR) is 59.7 cm³/mol. The maximum atomic E-state index is 11.4. The van der Waals surface area contributed by atoms with Crippen molar-refractivity contribution < 1.29 is 4.79 Å². The Morgan fingerprint density at radius 3 is 2.50 bits per heavy atom. The lowest BCUT2D eigenvalue weighted by molar-refractivity contribution is -0.121. The lowest BCUT2D eigenvalue weighted by Gasteiger charge is -2.12.